The molecule has 0 fully saturated rings. The van der Waals surface area contributed by atoms with Crippen LogP contribution in [0.1, 0.15) is 58.2 Å². The minimum atomic E-state index is -1.79. The van der Waals surface area contributed by atoms with E-state index in [1.807, 2.05) is 74.5 Å². The van der Waals surface area contributed by atoms with Gasteiger partial charge in [0.1, 0.15) is 12.1 Å². The van der Waals surface area contributed by atoms with Gasteiger partial charge in [-0.3, -0.25) is 19.6 Å². The zero-order chi connectivity index (χ0) is 26.2. The Bertz CT molecular complexity index is 934. The van der Waals surface area contributed by atoms with Crippen molar-refractivity contribution in [2.75, 3.05) is 6.54 Å². The van der Waals surface area contributed by atoms with Crippen LogP contribution in [0.3, 0.4) is 0 Å². The summed E-state index contributed by atoms with van der Waals surface area (Å²) in [6.07, 6.45) is -2.30. The predicted octanol–water partition coefficient (Wildman–Crippen LogP) is 3.05. The van der Waals surface area contributed by atoms with Crippen LogP contribution in [-0.4, -0.2) is 51.8 Å². The van der Waals surface area contributed by atoms with Crippen molar-refractivity contribution in [1.82, 2.24) is 15.7 Å². The zero-order valence-corrected chi connectivity index (χ0v) is 21.1. The zero-order valence-electron chi connectivity index (χ0n) is 21.1. The van der Waals surface area contributed by atoms with Gasteiger partial charge in [0.05, 0.1) is 12.5 Å². The first-order valence-electron chi connectivity index (χ1n) is 11.8. The summed E-state index contributed by atoms with van der Waals surface area (Å²) in [6.45, 7) is 9.35. The average molecular weight is 484 g/mol. The molecule has 8 nitrogen and oxygen atoms in total. The van der Waals surface area contributed by atoms with Crippen molar-refractivity contribution < 1.29 is 24.7 Å². The lowest BCUT2D eigenvalue weighted by Gasteiger charge is -2.36. The molecule has 0 saturated carbocycles. The minimum Gasteiger partial charge on any atom is -0.383 e. The number of nitrogens with zero attached hydrogens (tertiary/aromatic N) is 1. The fourth-order valence-electron chi connectivity index (χ4n) is 3.68. The smallest absolute Gasteiger partial charge is 0.276 e. The van der Waals surface area contributed by atoms with Crippen LogP contribution >= 0.6 is 0 Å². The molecule has 0 aliphatic rings. The van der Waals surface area contributed by atoms with Crippen molar-refractivity contribution in [3.63, 3.8) is 0 Å². The largest absolute Gasteiger partial charge is 0.383 e. The first-order chi connectivity index (χ1) is 16.4. The molecule has 0 aliphatic carbocycles. The third kappa shape index (κ3) is 8.19. The van der Waals surface area contributed by atoms with E-state index in [1.165, 1.54) is 0 Å². The van der Waals surface area contributed by atoms with Crippen molar-refractivity contribution in [3.05, 3.63) is 71.8 Å². The molecule has 0 saturated heterocycles. The molecule has 0 radical (unpaired) electrons. The number of hydroxylamine groups is 2. The highest BCUT2D eigenvalue weighted by Gasteiger charge is 2.41. The topological polar surface area (TPSA) is 119 Å². The van der Waals surface area contributed by atoms with Gasteiger partial charge in [-0.2, -0.15) is 0 Å². The molecule has 3 amide bonds. The van der Waals surface area contributed by atoms with E-state index in [9.17, 15) is 24.7 Å². The van der Waals surface area contributed by atoms with E-state index in [0.717, 1.165) is 11.1 Å². The third-order valence-corrected chi connectivity index (χ3v) is 5.46. The van der Waals surface area contributed by atoms with Crippen molar-refractivity contribution >= 4 is 17.7 Å². The SMILES string of the molecule is CC(C)CNC(=O)C[C@H](O)C(=O)N(O)[C@H](C(=O)NC(c1ccccc1)c1ccccc1)C(C)(C)C. The number of amides is 3. The molecule has 2 aromatic rings. The number of carbonyl (C=O) groups is 3. The number of nitrogens with one attached hydrogen (secondary N) is 2. The fourth-order valence-corrected chi connectivity index (χ4v) is 3.68. The molecular weight excluding hydrogens is 446 g/mol. The highest BCUT2D eigenvalue weighted by Crippen LogP contribution is 2.27. The van der Waals surface area contributed by atoms with Crippen LogP contribution in [0.2, 0.25) is 0 Å². The summed E-state index contributed by atoms with van der Waals surface area (Å²) < 4.78 is 0. The molecule has 35 heavy (non-hydrogen) atoms. The number of benzene rings is 2. The second-order valence-corrected chi connectivity index (χ2v) is 10.1. The van der Waals surface area contributed by atoms with E-state index in [2.05, 4.69) is 10.6 Å². The molecular formula is C27H37N3O5. The molecule has 0 aromatic heterocycles. The lowest BCUT2D eigenvalue weighted by molar-refractivity contribution is -0.197. The molecule has 8 heteroatoms. The molecule has 4 N–H and O–H groups in total. The third-order valence-electron chi connectivity index (χ3n) is 5.46. The second-order valence-electron chi connectivity index (χ2n) is 10.1. The minimum absolute atomic E-state index is 0.206. The Morgan fingerprint density at radius 3 is 1.83 bits per heavy atom. The van der Waals surface area contributed by atoms with Gasteiger partial charge < -0.3 is 15.7 Å². The van der Waals surface area contributed by atoms with E-state index >= 15 is 0 Å². The van der Waals surface area contributed by atoms with Crippen molar-refractivity contribution in [2.24, 2.45) is 11.3 Å². The standard InChI is InChI=1S/C27H37N3O5/c1-18(2)17-28-22(32)16-21(31)26(34)30(35)24(27(3,4)5)25(33)29-23(19-12-8-6-9-13-19)20-14-10-7-11-15-20/h6-15,18,21,23-24,31,35H,16-17H2,1-5H3,(H,28,32)(H,29,33)/t21-,24+/m0/s1. The van der Waals surface area contributed by atoms with Crippen LogP contribution in [0.5, 0.6) is 0 Å². The Hall–Kier alpha value is -3.23. The normalized spacial score (nSPS) is 13.3. The van der Waals surface area contributed by atoms with Crippen LogP contribution in [0.25, 0.3) is 0 Å². The maximum Gasteiger partial charge on any atom is 0.276 e. The Balaban J connectivity index is 2.24. The van der Waals surface area contributed by atoms with Gasteiger partial charge in [0.15, 0.2) is 0 Å². The van der Waals surface area contributed by atoms with Crippen LogP contribution in [0.15, 0.2) is 60.7 Å². The van der Waals surface area contributed by atoms with E-state index in [0.29, 0.717) is 6.54 Å². The number of hydrogen-bond donors (Lipinski definition) is 4. The van der Waals surface area contributed by atoms with Gasteiger partial charge in [0, 0.05) is 6.54 Å². The summed E-state index contributed by atoms with van der Waals surface area (Å²) in [4.78, 5) is 38.3. The van der Waals surface area contributed by atoms with Gasteiger partial charge in [-0.05, 0) is 22.5 Å². The van der Waals surface area contributed by atoms with Crippen LogP contribution in [0, 0.1) is 11.3 Å². The first-order valence-corrected chi connectivity index (χ1v) is 11.8. The molecule has 0 heterocycles. The van der Waals surface area contributed by atoms with E-state index in [-0.39, 0.29) is 11.0 Å². The van der Waals surface area contributed by atoms with Gasteiger partial charge in [-0.25, -0.2) is 5.06 Å². The second kappa shape index (κ2) is 12.5. The van der Waals surface area contributed by atoms with Crippen molar-refractivity contribution in [3.8, 4) is 0 Å². The van der Waals surface area contributed by atoms with Crippen LogP contribution < -0.4 is 10.6 Å². The quantitative estimate of drug-likeness (QED) is 0.306. The molecule has 2 aromatic carbocycles. The van der Waals surface area contributed by atoms with E-state index in [1.54, 1.807) is 20.8 Å². The van der Waals surface area contributed by atoms with Gasteiger partial charge in [0.25, 0.3) is 5.91 Å². The Morgan fingerprint density at radius 2 is 1.40 bits per heavy atom. The number of carbonyl (C=O) groups excluding carboxylic acids is 3. The Kier molecular flexibility index (Phi) is 9.98. The Labute approximate surface area is 207 Å². The van der Waals surface area contributed by atoms with Crippen LogP contribution in [-0.2, 0) is 14.4 Å². The van der Waals surface area contributed by atoms with Gasteiger partial charge in [0.2, 0.25) is 11.8 Å². The van der Waals surface area contributed by atoms with Crippen molar-refractivity contribution in [1.29, 1.82) is 0 Å². The molecule has 0 unspecified atom stereocenters. The fraction of sp³-hybridized carbons (Fsp3) is 0.444. The summed E-state index contributed by atoms with van der Waals surface area (Å²) in [6, 6.07) is 16.9. The lowest BCUT2D eigenvalue weighted by Crippen LogP contribution is -2.57. The lowest BCUT2D eigenvalue weighted by atomic mass is 9.85. The monoisotopic (exact) mass is 483 g/mol. The maximum atomic E-state index is 13.5. The van der Waals surface area contributed by atoms with Crippen LogP contribution in [0.4, 0.5) is 0 Å². The highest BCUT2D eigenvalue weighted by molar-refractivity contribution is 5.91. The van der Waals surface area contributed by atoms with Gasteiger partial charge in [-0.15, -0.1) is 0 Å². The predicted molar refractivity (Wildman–Crippen MR) is 133 cm³/mol. The first kappa shape index (κ1) is 28.0. The molecule has 0 aliphatic heterocycles. The summed E-state index contributed by atoms with van der Waals surface area (Å²) in [5, 5.41) is 26.9. The molecule has 0 bridgehead atoms. The number of aliphatic hydroxyl groups is 1. The number of hydrogen-bond acceptors (Lipinski definition) is 5. The molecule has 190 valence electrons. The molecule has 2 rings (SSSR count). The summed E-state index contributed by atoms with van der Waals surface area (Å²) in [7, 11) is 0. The Morgan fingerprint density at radius 1 is 0.914 bits per heavy atom. The summed E-state index contributed by atoms with van der Waals surface area (Å²) >= 11 is 0. The maximum absolute atomic E-state index is 13.5. The molecule has 2 atom stereocenters. The van der Waals surface area contributed by atoms with E-state index in [4.69, 9.17) is 0 Å². The van der Waals surface area contributed by atoms with Gasteiger partial charge in [-0.1, -0.05) is 95.3 Å². The number of rotatable bonds is 10. The van der Waals surface area contributed by atoms with E-state index < -0.39 is 47.7 Å². The highest BCUT2D eigenvalue weighted by atomic mass is 16.5. The van der Waals surface area contributed by atoms with Gasteiger partial charge >= 0.3 is 0 Å². The summed E-state index contributed by atoms with van der Waals surface area (Å²) in [5.41, 5.74) is 0.779. The number of aliphatic hydroxyl groups excluding tert-OH is 1. The molecule has 0 spiro atoms. The van der Waals surface area contributed by atoms with Crippen molar-refractivity contribution in [2.45, 2.75) is 59.2 Å². The summed E-state index contributed by atoms with van der Waals surface area (Å²) in [5.74, 6) is -2.02. The average Bonchev–Trinajstić information content (AvgIpc) is 2.81.